The molecule has 19 heavy (non-hydrogen) atoms. The zero-order chi connectivity index (χ0) is 13.2. The van der Waals surface area contributed by atoms with E-state index in [2.05, 4.69) is 49.3 Å². The third-order valence-corrected chi connectivity index (χ3v) is 3.39. The van der Waals surface area contributed by atoms with Gasteiger partial charge in [0.05, 0.1) is 6.20 Å². The van der Waals surface area contributed by atoms with Crippen molar-refractivity contribution < 1.29 is 0 Å². The van der Waals surface area contributed by atoms with E-state index in [1.807, 2.05) is 42.0 Å². The fraction of sp³-hybridized carbons (Fsp3) is 0.0769. The Balaban J connectivity index is 2.06. The molecule has 0 unspecified atom stereocenters. The Kier molecular flexibility index (Phi) is 3.24. The fourth-order valence-corrected chi connectivity index (χ4v) is 2.38. The smallest absolute Gasteiger partial charge is 0.180 e. The van der Waals surface area contributed by atoms with Crippen molar-refractivity contribution in [1.29, 1.82) is 0 Å². The third kappa shape index (κ3) is 2.48. The van der Waals surface area contributed by atoms with Crippen LogP contribution >= 0.6 is 22.6 Å². The number of benzene rings is 1. The van der Waals surface area contributed by atoms with Crippen LogP contribution in [0.1, 0.15) is 0 Å². The van der Waals surface area contributed by atoms with Gasteiger partial charge in [-0.05, 0) is 40.8 Å². The fourth-order valence-electron chi connectivity index (χ4n) is 1.84. The van der Waals surface area contributed by atoms with Crippen LogP contribution in [0.5, 0.6) is 0 Å². The van der Waals surface area contributed by atoms with Gasteiger partial charge in [0.15, 0.2) is 11.5 Å². The first kappa shape index (κ1) is 12.2. The minimum Gasteiger partial charge on any atom is -0.372 e. The Morgan fingerprint density at radius 1 is 1.32 bits per heavy atom. The van der Waals surface area contributed by atoms with E-state index >= 15 is 0 Å². The molecule has 0 bridgehead atoms. The Morgan fingerprint density at radius 3 is 3.00 bits per heavy atom. The monoisotopic (exact) mass is 365 g/mol. The topological polar surface area (TPSA) is 54.2 Å². The molecule has 2 heterocycles. The highest BCUT2D eigenvalue weighted by molar-refractivity contribution is 14.1. The van der Waals surface area contributed by atoms with Gasteiger partial charge in [-0.3, -0.25) is 0 Å². The van der Waals surface area contributed by atoms with Gasteiger partial charge in [0.25, 0.3) is 0 Å². The van der Waals surface area contributed by atoms with Gasteiger partial charge in [-0.1, -0.05) is 6.07 Å². The second kappa shape index (κ2) is 5.04. The van der Waals surface area contributed by atoms with E-state index in [0.717, 1.165) is 23.0 Å². The quantitative estimate of drug-likeness (QED) is 0.701. The average Bonchev–Trinajstić information content (AvgIpc) is 2.87. The molecule has 0 aliphatic heterocycles. The molecule has 3 aromatic rings. The highest BCUT2D eigenvalue weighted by Crippen LogP contribution is 2.22. The van der Waals surface area contributed by atoms with Crippen LogP contribution in [0.4, 0.5) is 17.3 Å². The van der Waals surface area contributed by atoms with Crippen molar-refractivity contribution in [3.8, 4) is 0 Å². The largest absolute Gasteiger partial charge is 0.372 e. The van der Waals surface area contributed by atoms with Crippen molar-refractivity contribution >= 4 is 45.6 Å². The average molecular weight is 365 g/mol. The van der Waals surface area contributed by atoms with E-state index in [4.69, 9.17) is 0 Å². The minimum absolute atomic E-state index is 0.735. The van der Waals surface area contributed by atoms with Crippen molar-refractivity contribution in [3.63, 3.8) is 0 Å². The predicted octanol–water partition coefficient (Wildman–Crippen LogP) is 3.12. The highest BCUT2D eigenvalue weighted by atomic mass is 127. The lowest BCUT2D eigenvalue weighted by Crippen LogP contribution is -2.02. The van der Waals surface area contributed by atoms with E-state index in [9.17, 15) is 0 Å². The molecule has 0 fully saturated rings. The van der Waals surface area contributed by atoms with Gasteiger partial charge in [-0.25, -0.2) is 9.97 Å². The number of hydrogen-bond donors (Lipinski definition) is 2. The van der Waals surface area contributed by atoms with Crippen molar-refractivity contribution in [2.24, 2.45) is 0 Å². The lowest BCUT2D eigenvalue weighted by Gasteiger charge is -2.09. The molecule has 0 spiro atoms. The molecular weight excluding hydrogens is 353 g/mol. The summed E-state index contributed by atoms with van der Waals surface area (Å²) >= 11 is 2.29. The molecule has 2 aromatic heterocycles. The molecule has 0 atom stereocenters. The number of hydrogen-bond acceptors (Lipinski definition) is 4. The maximum atomic E-state index is 4.51. The van der Waals surface area contributed by atoms with E-state index in [1.165, 1.54) is 3.57 Å². The number of anilines is 3. The van der Waals surface area contributed by atoms with Gasteiger partial charge < -0.3 is 15.0 Å². The lowest BCUT2D eigenvalue weighted by atomic mass is 10.3. The predicted molar refractivity (Wildman–Crippen MR) is 85.0 cm³/mol. The van der Waals surface area contributed by atoms with Gasteiger partial charge in [0.1, 0.15) is 5.82 Å². The second-order valence-electron chi connectivity index (χ2n) is 4.02. The zero-order valence-electron chi connectivity index (χ0n) is 10.3. The Bertz CT molecular complexity index is 722. The molecule has 0 saturated heterocycles. The molecule has 3 rings (SSSR count). The number of nitrogens with one attached hydrogen (secondary N) is 2. The van der Waals surface area contributed by atoms with Crippen LogP contribution in [0.25, 0.3) is 5.65 Å². The van der Waals surface area contributed by atoms with E-state index in [0.29, 0.717) is 0 Å². The summed E-state index contributed by atoms with van der Waals surface area (Å²) in [6.45, 7) is 0. The number of fused-ring (bicyclic) bond motifs is 1. The molecule has 0 radical (unpaired) electrons. The summed E-state index contributed by atoms with van der Waals surface area (Å²) < 4.78 is 3.11. The molecule has 5 nitrogen and oxygen atoms in total. The number of aromatic nitrogens is 3. The van der Waals surface area contributed by atoms with Crippen LogP contribution in [0, 0.1) is 3.57 Å². The summed E-state index contributed by atoms with van der Waals surface area (Å²) in [5, 5.41) is 6.35. The summed E-state index contributed by atoms with van der Waals surface area (Å²) in [7, 11) is 1.85. The van der Waals surface area contributed by atoms with Crippen molar-refractivity contribution in [2.75, 3.05) is 17.7 Å². The molecule has 96 valence electrons. The number of nitrogens with zero attached hydrogens (tertiary/aromatic N) is 3. The van der Waals surface area contributed by atoms with E-state index in [1.54, 1.807) is 6.20 Å². The van der Waals surface area contributed by atoms with Crippen LogP contribution in [0.15, 0.2) is 42.9 Å². The molecule has 2 N–H and O–H groups in total. The summed E-state index contributed by atoms with van der Waals surface area (Å²) in [4.78, 5) is 8.83. The normalized spacial score (nSPS) is 10.6. The maximum Gasteiger partial charge on any atom is 0.180 e. The van der Waals surface area contributed by atoms with Crippen molar-refractivity contribution in [1.82, 2.24) is 14.4 Å². The van der Waals surface area contributed by atoms with Gasteiger partial charge in [0, 0.05) is 28.7 Å². The highest BCUT2D eigenvalue weighted by Gasteiger charge is 2.07. The minimum atomic E-state index is 0.735. The maximum absolute atomic E-state index is 4.51. The van der Waals surface area contributed by atoms with E-state index < -0.39 is 0 Å². The Morgan fingerprint density at radius 2 is 2.21 bits per heavy atom. The summed E-state index contributed by atoms with van der Waals surface area (Å²) in [6, 6.07) is 8.13. The molecule has 0 aliphatic rings. The first-order valence-electron chi connectivity index (χ1n) is 5.80. The van der Waals surface area contributed by atoms with E-state index in [-0.39, 0.29) is 0 Å². The summed E-state index contributed by atoms with van der Waals surface area (Å²) in [5.41, 5.74) is 1.80. The van der Waals surface area contributed by atoms with Gasteiger partial charge in [-0.15, -0.1) is 0 Å². The molecule has 6 heteroatoms. The first-order chi connectivity index (χ1) is 9.26. The molecule has 0 amide bonds. The number of rotatable bonds is 3. The lowest BCUT2D eigenvalue weighted by molar-refractivity contribution is 1.12. The van der Waals surface area contributed by atoms with Crippen LogP contribution in [-0.2, 0) is 0 Å². The third-order valence-electron chi connectivity index (χ3n) is 2.72. The SMILES string of the molecule is CNc1cn2ccnc2c(Nc2cccc(I)c2)n1. The van der Waals surface area contributed by atoms with Crippen LogP contribution in [0.3, 0.4) is 0 Å². The van der Waals surface area contributed by atoms with Gasteiger partial charge >= 0.3 is 0 Å². The molecule has 1 aromatic carbocycles. The second-order valence-corrected chi connectivity index (χ2v) is 5.26. The standard InChI is InChI=1S/C13H12IN5/c1-15-11-8-19-6-5-16-13(19)12(18-11)17-10-4-2-3-9(14)7-10/h2-8,15H,1H3,(H,17,18). The number of halogens is 1. The molecule has 0 saturated carbocycles. The van der Waals surface area contributed by atoms with Crippen molar-refractivity contribution in [2.45, 2.75) is 0 Å². The number of imidazole rings is 1. The van der Waals surface area contributed by atoms with Crippen LogP contribution < -0.4 is 10.6 Å². The first-order valence-corrected chi connectivity index (χ1v) is 6.88. The Labute approximate surface area is 124 Å². The van der Waals surface area contributed by atoms with Gasteiger partial charge in [-0.2, -0.15) is 0 Å². The summed E-state index contributed by atoms with van der Waals surface area (Å²) in [5.74, 6) is 1.53. The van der Waals surface area contributed by atoms with Crippen molar-refractivity contribution in [3.05, 3.63) is 46.4 Å². The molecule has 0 aliphatic carbocycles. The Hall–Kier alpha value is -1.83. The van der Waals surface area contributed by atoms with Crippen LogP contribution in [-0.4, -0.2) is 21.4 Å². The molecular formula is C13H12IN5. The zero-order valence-corrected chi connectivity index (χ0v) is 12.4. The van der Waals surface area contributed by atoms with Crippen LogP contribution in [0.2, 0.25) is 0 Å². The van der Waals surface area contributed by atoms with Gasteiger partial charge in [0.2, 0.25) is 0 Å². The summed E-state index contributed by atoms with van der Waals surface area (Å²) in [6.07, 6.45) is 5.57.